The molecule has 0 N–H and O–H groups in total. The minimum atomic E-state index is 0.0631. The van der Waals surface area contributed by atoms with E-state index in [0.717, 1.165) is 101 Å². The van der Waals surface area contributed by atoms with Gasteiger partial charge in [0, 0.05) is 55.4 Å². The molecule has 4 heterocycles. The van der Waals surface area contributed by atoms with E-state index < -0.39 is 0 Å². The van der Waals surface area contributed by atoms with Gasteiger partial charge in [-0.05, 0) is 94.2 Å². The van der Waals surface area contributed by atoms with Crippen molar-refractivity contribution in [3.8, 4) is 5.69 Å². The predicted octanol–water partition coefficient (Wildman–Crippen LogP) is 15.2. The Hall–Kier alpha value is -8.02. The number of allylic oxidation sites excluding steroid dienone is 1. The zero-order valence-corrected chi connectivity index (χ0v) is 33.8. The minimum Gasteiger partial charge on any atom is -0.456 e. The van der Waals surface area contributed by atoms with Crippen LogP contribution in [0.4, 0.5) is 0 Å². The van der Waals surface area contributed by atoms with Gasteiger partial charge in [-0.1, -0.05) is 128 Å². The maximum Gasteiger partial charge on any atom is 0.160 e. The Morgan fingerprint density at radius 2 is 1.06 bits per heavy atom. The normalized spacial score (nSPS) is 15.8. The van der Waals surface area contributed by atoms with Gasteiger partial charge in [0.15, 0.2) is 5.84 Å². The van der Waals surface area contributed by atoms with Crippen molar-refractivity contribution in [3.05, 3.63) is 205 Å². The average Bonchev–Trinajstić information content (AvgIpc) is 3.98. The first-order chi connectivity index (χ1) is 30.6. The number of hydrogen-bond acceptors (Lipinski definition) is 4. The molecule has 0 aliphatic carbocycles. The third kappa shape index (κ3) is 5.41. The van der Waals surface area contributed by atoms with Crippen molar-refractivity contribution >= 4 is 104 Å². The van der Waals surface area contributed by atoms with E-state index >= 15 is 0 Å². The molecule has 9 aromatic carbocycles. The first-order valence-electron chi connectivity index (χ1n) is 21.3. The average molecular weight is 796 g/mol. The molecule has 1 atom stereocenters. The van der Waals surface area contributed by atoms with E-state index in [4.69, 9.17) is 18.8 Å². The highest BCUT2D eigenvalue weighted by atomic mass is 16.3. The number of para-hydroxylation sites is 3. The molecule has 13 rings (SSSR count). The molecule has 1 aliphatic rings. The van der Waals surface area contributed by atoms with Crippen LogP contribution < -0.4 is 0 Å². The lowest BCUT2D eigenvalue weighted by atomic mass is 9.92. The molecule has 0 spiro atoms. The molecule has 5 heteroatoms. The molecule has 0 amide bonds. The first-order valence-corrected chi connectivity index (χ1v) is 21.3. The van der Waals surface area contributed by atoms with Gasteiger partial charge in [-0.25, -0.2) is 9.98 Å². The highest BCUT2D eigenvalue weighted by Gasteiger charge is 2.24. The highest BCUT2D eigenvalue weighted by molar-refractivity contribution is 6.19. The summed E-state index contributed by atoms with van der Waals surface area (Å²) in [4.78, 5) is 11.3. The van der Waals surface area contributed by atoms with Crippen molar-refractivity contribution in [2.75, 3.05) is 0 Å². The Morgan fingerprint density at radius 3 is 1.85 bits per heavy atom. The monoisotopic (exact) mass is 795 g/mol. The summed E-state index contributed by atoms with van der Waals surface area (Å²) in [6.45, 7) is 2.28. The van der Waals surface area contributed by atoms with E-state index in [1.807, 2.05) is 24.3 Å². The summed E-state index contributed by atoms with van der Waals surface area (Å²) in [5.41, 5.74) is 11.6. The number of rotatable bonds is 4. The van der Waals surface area contributed by atoms with Gasteiger partial charge >= 0.3 is 0 Å². The van der Waals surface area contributed by atoms with E-state index in [0.29, 0.717) is 5.84 Å². The van der Waals surface area contributed by atoms with Crippen molar-refractivity contribution in [2.24, 2.45) is 15.9 Å². The second-order valence-corrected chi connectivity index (χ2v) is 16.6. The maximum absolute atomic E-state index is 6.64. The fraction of sp³-hybridized carbons (Fsp3) is 0.0526. The quantitative estimate of drug-likeness (QED) is 0.178. The summed E-state index contributed by atoms with van der Waals surface area (Å²) in [6, 6.07) is 64.5. The molecule has 0 bridgehead atoms. The van der Waals surface area contributed by atoms with Gasteiger partial charge in [0.1, 0.15) is 22.3 Å². The number of aliphatic imine (C=N–C) groups is 2. The number of benzene rings is 9. The van der Waals surface area contributed by atoms with Crippen LogP contribution in [0.2, 0.25) is 0 Å². The van der Waals surface area contributed by atoms with E-state index in [1.165, 1.54) is 26.9 Å². The lowest BCUT2D eigenvalue weighted by molar-refractivity contribution is 0.668. The Morgan fingerprint density at radius 1 is 0.452 bits per heavy atom. The molecule has 3 aromatic heterocycles. The summed E-state index contributed by atoms with van der Waals surface area (Å²) in [5.74, 6) is 0.727. The molecule has 62 heavy (non-hydrogen) atoms. The van der Waals surface area contributed by atoms with Crippen LogP contribution in [0.25, 0.3) is 98.6 Å². The van der Waals surface area contributed by atoms with Crippen LogP contribution in [0.15, 0.2) is 207 Å². The van der Waals surface area contributed by atoms with Gasteiger partial charge < -0.3 is 13.4 Å². The first kappa shape index (κ1) is 34.8. The van der Waals surface area contributed by atoms with Crippen LogP contribution in [0.1, 0.15) is 30.0 Å². The van der Waals surface area contributed by atoms with Crippen LogP contribution in [0, 0.1) is 5.92 Å². The fourth-order valence-corrected chi connectivity index (χ4v) is 9.74. The van der Waals surface area contributed by atoms with Crippen molar-refractivity contribution in [1.29, 1.82) is 0 Å². The van der Waals surface area contributed by atoms with E-state index in [-0.39, 0.29) is 5.92 Å². The summed E-state index contributed by atoms with van der Waals surface area (Å²) in [5, 5.41) is 11.4. The lowest BCUT2D eigenvalue weighted by Crippen LogP contribution is -2.17. The molecular formula is C57H37N3O2. The third-order valence-corrected chi connectivity index (χ3v) is 12.8. The number of hydrogen-bond donors (Lipinski definition) is 0. The number of furan rings is 2. The third-order valence-electron chi connectivity index (χ3n) is 12.8. The maximum atomic E-state index is 6.64. The Labute approximate surface area is 356 Å². The zero-order valence-electron chi connectivity index (χ0n) is 33.8. The Balaban J connectivity index is 1.09. The molecule has 1 unspecified atom stereocenters. The molecule has 0 fully saturated rings. The fourth-order valence-electron chi connectivity index (χ4n) is 9.74. The molecule has 0 radical (unpaired) electrons. The Kier molecular flexibility index (Phi) is 7.58. The van der Waals surface area contributed by atoms with E-state index in [9.17, 15) is 0 Å². The summed E-state index contributed by atoms with van der Waals surface area (Å²) in [7, 11) is 0. The summed E-state index contributed by atoms with van der Waals surface area (Å²) < 4.78 is 15.3. The van der Waals surface area contributed by atoms with Crippen LogP contribution >= 0.6 is 0 Å². The van der Waals surface area contributed by atoms with Gasteiger partial charge in [-0.2, -0.15) is 0 Å². The van der Waals surface area contributed by atoms with Crippen molar-refractivity contribution in [2.45, 2.75) is 13.3 Å². The molecular weight excluding hydrogens is 759 g/mol. The number of fused-ring (bicyclic) bond motifs is 11. The molecule has 0 saturated heterocycles. The van der Waals surface area contributed by atoms with Crippen LogP contribution in [-0.2, 0) is 0 Å². The standard InChI is InChI=1S/C57H37N3O2/c1-34-22-26-48(58-57(40-24-23-35-12-2-3-13-36(35)28-40)59-56(34)39-25-27-54-45(30-39)42-17-7-10-20-52(42)61-54)47-32-46-43-18-8-11-21-53(43)62-55(46)33-51(47)60-49-19-9-6-16-41(49)44-29-37-14-4-5-15-38(37)31-50(44)60/h2-21,23-34H,22H2,1H3/b48-26+,58-57?,59-56?. The van der Waals surface area contributed by atoms with Crippen LogP contribution in [-0.4, -0.2) is 16.1 Å². The summed E-state index contributed by atoms with van der Waals surface area (Å²) in [6.07, 6.45) is 3.05. The number of nitrogens with zero attached hydrogens (tertiary/aromatic N) is 3. The molecule has 0 saturated carbocycles. The van der Waals surface area contributed by atoms with Crippen molar-refractivity contribution < 1.29 is 8.83 Å². The van der Waals surface area contributed by atoms with Gasteiger partial charge in [-0.3, -0.25) is 0 Å². The van der Waals surface area contributed by atoms with Gasteiger partial charge in [-0.15, -0.1) is 0 Å². The van der Waals surface area contributed by atoms with Gasteiger partial charge in [0.05, 0.1) is 28.1 Å². The smallest absolute Gasteiger partial charge is 0.160 e. The largest absolute Gasteiger partial charge is 0.456 e. The zero-order chi connectivity index (χ0) is 40.9. The topological polar surface area (TPSA) is 55.9 Å². The summed E-state index contributed by atoms with van der Waals surface area (Å²) >= 11 is 0. The van der Waals surface area contributed by atoms with E-state index in [1.54, 1.807) is 0 Å². The highest BCUT2D eigenvalue weighted by Crippen LogP contribution is 2.42. The second kappa shape index (κ2) is 13.5. The molecule has 5 nitrogen and oxygen atoms in total. The van der Waals surface area contributed by atoms with Crippen LogP contribution in [0.5, 0.6) is 0 Å². The van der Waals surface area contributed by atoms with Crippen molar-refractivity contribution in [3.63, 3.8) is 0 Å². The molecule has 1 aliphatic heterocycles. The number of amidine groups is 1. The van der Waals surface area contributed by atoms with Crippen LogP contribution in [0.3, 0.4) is 0 Å². The van der Waals surface area contributed by atoms with E-state index in [2.05, 4.69) is 175 Å². The minimum absolute atomic E-state index is 0.0631. The second-order valence-electron chi connectivity index (χ2n) is 16.6. The van der Waals surface area contributed by atoms with Gasteiger partial charge in [0.2, 0.25) is 0 Å². The van der Waals surface area contributed by atoms with Crippen molar-refractivity contribution in [1.82, 2.24) is 4.57 Å². The lowest BCUT2D eigenvalue weighted by Gasteiger charge is -2.20. The molecule has 12 aromatic rings. The number of aromatic nitrogens is 1. The Bertz CT molecular complexity index is 3930. The van der Waals surface area contributed by atoms with Gasteiger partial charge in [0.25, 0.3) is 0 Å². The molecule has 292 valence electrons. The predicted molar refractivity (Wildman–Crippen MR) is 258 cm³/mol. The SMILES string of the molecule is CC1C/C=C(\c2cc3c(cc2-n2c4ccccc4c4cc5ccccc5cc42)oc2ccccc23)N=C(c2ccc3ccccc3c2)N=C1c1ccc2oc3ccccc3c2c1.